The van der Waals surface area contributed by atoms with Gasteiger partial charge in [-0.25, -0.2) is 9.78 Å². The Balaban J connectivity index is 1.75. The van der Waals surface area contributed by atoms with E-state index in [0.29, 0.717) is 6.04 Å². The lowest BCUT2D eigenvalue weighted by atomic mass is 9.91. The van der Waals surface area contributed by atoms with E-state index in [0.717, 1.165) is 37.2 Å². The summed E-state index contributed by atoms with van der Waals surface area (Å²) in [6.07, 6.45) is 5.89. The molecule has 0 saturated heterocycles. The van der Waals surface area contributed by atoms with E-state index in [2.05, 4.69) is 15.6 Å². The fraction of sp³-hybridized carbons (Fsp3) is 0.750. The highest BCUT2D eigenvalue weighted by Crippen LogP contribution is 2.20. The summed E-state index contributed by atoms with van der Waals surface area (Å²) in [6, 6.07) is 0.639. The Bertz CT molecular complexity index is 496. The van der Waals surface area contributed by atoms with Crippen molar-refractivity contribution in [1.29, 1.82) is 0 Å². The highest BCUT2D eigenvalue weighted by molar-refractivity contribution is 7.11. The number of amides is 1. The van der Waals surface area contributed by atoms with Crippen LogP contribution in [0.25, 0.3) is 0 Å². The number of thiazole rings is 1. The van der Waals surface area contributed by atoms with Crippen LogP contribution >= 0.6 is 11.3 Å². The summed E-state index contributed by atoms with van der Waals surface area (Å²) in [7, 11) is 0. The second-order valence-corrected chi connectivity index (χ2v) is 8.25. The van der Waals surface area contributed by atoms with Crippen molar-refractivity contribution < 1.29 is 9.53 Å². The molecule has 0 bridgehead atoms. The molecule has 1 fully saturated rings. The standard InChI is InChI=1S/C16H27N3O2S/c1-11-17-9-14(22-11)10-18-12-6-5-7-13(8-12)19-15(20)21-16(2,3)4/h9,12-13,18H,5-8,10H2,1-4H3,(H,19,20). The van der Waals surface area contributed by atoms with Gasteiger partial charge in [0.15, 0.2) is 0 Å². The van der Waals surface area contributed by atoms with Crippen LogP contribution in [0, 0.1) is 6.92 Å². The first kappa shape index (κ1) is 17.2. The molecule has 2 N–H and O–H groups in total. The fourth-order valence-corrected chi connectivity index (χ4v) is 3.46. The lowest BCUT2D eigenvalue weighted by Gasteiger charge is -2.31. The van der Waals surface area contributed by atoms with Gasteiger partial charge in [-0.05, 0) is 53.4 Å². The number of carbonyl (C=O) groups excluding carboxylic acids is 1. The zero-order valence-electron chi connectivity index (χ0n) is 13.9. The Morgan fingerprint density at radius 3 is 2.77 bits per heavy atom. The molecule has 0 spiro atoms. The van der Waals surface area contributed by atoms with Crippen molar-refractivity contribution in [2.24, 2.45) is 0 Å². The predicted octanol–water partition coefficient (Wildman–Crippen LogP) is 3.38. The van der Waals surface area contributed by atoms with Crippen molar-refractivity contribution in [3.05, 3.63) is 16.1 Å². The Morgan fingerprint density at radius 1 is 1.41 bits per heavy atom. The van der Waals surface area contributed by atoms with Gasteiger partial charge in [0.1, 0.15) is 5.60 Å². The zero-order chi connectivity index (χ0) is 16.2. The third-order valence-corrected chi connectivity index (χ3v) is 4.54. The van der Waals surface area contributed by atoms with Gasteiger partial charge < -0.3 is 15.4 Å². The average Bonchev–Trinajstić information content (AvgIpc) is 2.80. The summed E-state index contributed by atoms with van der Waals surface area (Å²) >= 11 is 1.73. The summed E-state index contributed by atoms with van der Waals surface area (Å²) in [5.74, 6) is 0. The molecule has 5 nitrogen and oxygen atoms in total. The second-order valence-electron chi connectivity index (χ2n) is 6.93. The average molecular weight is 325 g/mol. The molecule has 0 radical (unpaired) electrons. The molecule has 22 heavy (non-hydrogen) atoms. The van der Waals surface area contributed by atoms with Gasteiger partial charge in [-0.1, -0.05) is 0 Å². The summed E-state index contributed by atoms with van der Waals surface area (Å²) < 4.78 is 5.33. The molecule has 1 heterocycles. The molecular weight excluding hydrogens is 298 g/mol. The number of hydrogen-bond acceptors (Lipinski definition) is 5. The first-order valence-corrected chi connectivity index (χ1v) is 8.78. The van der Waals surface area contributed by atoms with Gasteiger partial charge in [-0.3, -0.25) is 0 Å². The SMILES string of the molecule is Cc1ncc(CNC2CCCC(NC(=O)OC(C)(C)C)C2)s1. The van der Waals surface area contributed by atoms with Crippen molar-refractivity contribution in [2.75, 3.05) is 0 Å². The smallest absolute Gasteiger partial charge is 0.407 e. The van der Waals surface area contributed by atoms with Gasteiger partial charge in [0.25, 0.3) is 0 Å². The minimum Gasteiger partial charge on any atom is -0.444 e. The number of alkyl carbamates (subject to hydrolysis) is 1. The number of nitrogens with zero attached hydrogens (tertiary/aromatic N) is 1. The Hall–Kier alpha value is -1.14. The summed E-state index contributed by atoms with van der Waals surface area (Å²) in [5, 5.41) is 7.68. The molecular formula is C16H27N3O2S. The van der Waals surface area contributed by atoms with E-state index < -0.39 is 5.60 Å². The number of aromatic nitrogens is 1. The summed E-state index contributed by atoms with van der Waals surface area (Å²) in [6.45, 7) is 8.53. The molecule has 2 unspecified atom stereocenters. The Morgan fingerprint density at radius 2 is 2.14 bits per heavy atom. The number of rotatable bonds is 4. The van der Waals surface area contributed by atoms with Crippen molar-refractivity contribution >= 4 is 17.4 Å². The Labute approximate surface area is 136 Å². The van der Waals surface area contributed by atoms with Crippen LogP contribution in [0.2, 0.25) is 0 Å². The minimum absolute atomic E-state index is 0.198. The van der Waals surface area contributed by atoms with Gasteiger partial charge in [-0.2, -0.15) is 0 Å². The predicted molar refractivity (Wildman–Crippen MR) is 89.1 cm³/mol. The molecule has 1 aromatic heterocycles. The molecule has 0 aliphatic heterocycles. The maximum absolute atomic E-state index is 11.9. The summed E-state index contributed by atoms with van der Waals surface area (Å²) in [4.78, 5) is 17.4. The molecule has 0 aromatic carbocycles. The van der Waals surface area contributed by atoms with E-state index in [4.69, 9.17) is 4.74 Å². The maximum Gasteiger partial charge on any atom is 0.407 e. The third-order valence-electron chi connectivity index (χ3n) is 3.63. The molecule has 6 heteroatoms. The molecule has 1 saturated carbocycles. The van der Waals surface area contributed by atoms with Crippen LogP contribution in [0.5, 0.6) is 0 Å². The lowest BCUT2D eigenvalue weighted by Crippen LogP contribution is -2.45. The van der Waals surface area contributed by atoms with E-state index in [-0.39, 0.29) is 12.1 Å². The molecule has 124 valence electrons. The molecule has 1 aliphatic rings. The van der Waals surface area contributed by atoms with Crippen LogP contribution < -0.4 is 10.6 Å². The van der Waals surface area contributed by atoms with Gasteiger partial charge in [0.05, 0.1) is 5.01 Å². The van der Waals surface area contributed by atoms with Crippen molar-refractivity contribution in [3.8, 4) is 0 Å². The van der Waals surface area contributed by atoms with Crippen LogP contribution in [0.15, 0.2) is 6.20 Å². The number of ether oxygens (including phenoxy) is 1. The van der Waals surface area contributed by atoms with E-state index in [1.54, 1.807) is 11.3 Å². The van der Waals surface area contributed by atoms with E-state index >= 15 is 0 Å². The number of aryl methyl sites for hydroxylation is 1. The van der Waals surface area contributed by atoms with Crippen LogP contribution in [0.3, 0.4) is 0 Å². The lowest BCUT2D eigenvalue weighted by molar-refractivity contribution is 0.0488. The first-order chi connectivity index (χ1) is 10.3. The van der Waals surface area contributed by atoms with E-state index in [9.17, 15) is 4.79 Å². The van der Waals surface area contributed by atoms with E-state index in [1.165, 1.54) is 4.88 Å². The van der Waals surface area contributed by atoms with Crippen LogP contribution in [0.4, 0.5) is 4.79 Å². The summed E-state index contributed by atoms with van der Waals surface area (Å²) in [5.41, 5.74) is -0.444. The van der Waals surface area contributed by atoms with Gasteiger partial charge >= 0.3 is 6.09 Å². The molecule has 1 aliphatic carbocycles. The fourth-order valence-electron chi connectivity index (χ4n) is 2.71. The quantitative estimate of drug-likeness (QED) is 0.891. The van der Waals surface area contributed by atoms with E-state index in [1.807, 2.05) is 33.9 Å². The second kappa shape index (κ2) is 7.42. The van der Waals surface area contributed by atoms with Crippen LogP contribution in [0.1, 0.15) is 56.3 Å². The van der Waals surface area contributed by atoms with Crippen LogP contribution in [-0.2, 0) is 11.3 Å². The van der Waals surface area contributed by atoms with Gasteiger partial charge in [0.2, 0.25) is 0 Å². The maximum atomic E-state index is 11.9. The van der Waals surface area contributed by atoms with Crippen molar-refractivity contribution in [3.63, 3.8) is 0 Å². The topological polar surface area (TPSA) is 63.2 Å². The molecule has 1 aromatic rings. The zero-order valence-corrected chi connectivity index (χ0v) is 14.8. The molecule has 2 atom stereocenters. The number of hydrogen-bond donors (Lipinski definition) is 2. The molecule has 1 amide bonds. The molecule has 2 rings (SSSR count). The minimum atomic E-state index is -0.444. The monoisotopic (exact) mass is 325 g/mol. The van der Waals surface area contributed by atoms with Gasteiger partial charge in [0, 0.05) is 29.7 Å². The highest BCUT2D eigenvalue weighted by atomic mass is 32.1. The Kier molecular flexibility index (Phi) is 5.81. The number of carbonyl (C=O) groups is 1. The first-order valence-electron chi connectivity index (χ1n) is 7.96. The van der Waals surface area contributed by atoms with Gasteiger partial charge in [-0.15, -0.1) is 11.3 Å². The van der Waals surface area contributed by atoms with Crippen molar-refractivity contribution in [2.45, 2.75) is 77.6 Å². The van der Waals surface area contributed by atoms with Crippen LogP contribution in [-0.4, -0.2) is 28.8 Å². The highest BCUT2D eigenvalue weighted by Gasteiger charge is 2.25. The normalized spacial score (nSPS) is 22.4. The largest absolute Gasteiger partial charge is 0.444 e. The number of nitrogens with one attached hydrogen (secondary N) is 2. The van der Waals surface area contributed by atoms with Crippen molar-refractivity contribution in [1.82, 2.24) is 15.6 Å². The third kappa shape index (κ3) is 5.93.